The van der Waals surface area contributed by atoms with E-state index in [-0.39, 0.29) is 0 Å². The van der Waals surface area contributed by atoms with Crippen molar-refractivity contribution in [1.82, 2.24) is 0 Å². The van der Waals surface area contributed by atoms with Crippen molar-refractivity contribution in [1.29, 1.82) is 0 Å². The molecule has 104 valence electrons. The van der Waals surface area contributed by atoms with Gasteiger partial charge < -0.3 is 0 Å². The summed E-state index contributed by atoms with van der Waals surface area (Å²) in [6.45, 7) is 5.09. The molecule has 0 atom stereocenters. The van der Waals surface area contributed by atoms with Crippen LogP contribution < -0.4 is 0 Å². The van der Waals surface area contributed by atoms with Crippen molar-refractivity contribution >= 4 is 8.07 Å². The summed E-state index contributed by atoms with van der Waals surface area (Å²) < 4.78 is 0. The summed E-state index contributed by atoms with van der Waals surface area (Å²) in [4.78, 5) is 0. The largest absolute Gasteiger partial charge is 0.0803 e. The van der Waals surface area contributed by atoms with E-state index in [1.165, 1.54) is 11.1 Å². The van der Waals surface area contributed by atoms with E-state index >= 15 is 0 Å². The zero-order valence-corrected chi connectivity index (χ0v) is 13.6. The third-order valence-corrected chi connectivity index (χ3v) is 9.40. The molecule has 2 aliphatic carbocycles. The van der Waals surface area contributed by atoms with Gasteiger partial charge in [0.05, 0.1) is 8.07 Å². The lowest BCUT2D eigenvalue weighted by atomic mass is 10.1. The van der Waals surface area contributed by atoms with Gasteiger partial charge in [0.15, 0.2) is 0 Å². The van der Waals surface area contributed by atoms with E-state index in [1.54, 1.807) is 11.1 Å². The van der Waals surface area contributed by atoms with Gasteiger partial charge in [0, 0.05) is 5.54 Å². The van der Waals surface area contributed by atoms with Gasteiger partial charge in [-0.1, -0.05) is 85.9 Å². The molecular weight excluding hydrogens is 268 g/mol. The topological polar surface area (TPSA) is 0 Å². The first-order valence-corrected chi connectivity index (χ1v) is 10.9. The molecule has 0 bridgehead atoms. The molecular formula is C20H20Si. The Morgan fingerprint density at radius 3 is 1.71 bits per heavy atom. The molecule has 0 N–H and O–H groups in total. The second-order valence-corrected chi connectivity index (χ2v) is 11.6. The Bertz CT molecular complexity index is 694. The highest BCUT2D eigenvalue weighted by molar-refractivity contribution is 6.82. The van der Waals surface area contributed by atoms with Crippen LogP contribution in [-0.2, 0) is 0 Å². The van der Waals surface area contributed by atoms with Crippen LogP contribution in [0.5, 0.6) is 0 Å². The molecule has 2 aliphatic rings. The van der Waals surface area contributed by atoms with E-state index in [4.69, 9.17) is 0 Å². The van der Waals surface area contributed by atoms with Crippen LogP contribution >= 0.6 is 0 Å². The Balaban J connectivity index is 1.93. The normalized spacial score (nSPS) is 17.2. The molecule has 0 nitrogen and oxygen atoms in total. The Morgan fingerprint density at radius 1 is 0.714 bits per heavy atom. The van der Waals surface area contributed by atoms with Crippen LogP contribution in [0.25, 0.3) is 11.1 Å². The van der Waals surface area contributed by atoms with Gasteiger partial charge in [-0.3, -0.25) is 0 Å². The Hall–Kier alpha value is -1.86. The van der Waals surface area contributed by atoms with Crippen molar-refractivity contribution < 1.29 is 0 Å². The van der Waals surface area contributed by atoms with Crippen molar-refractivity contribution in [2.24, 2.45) is 0 Å². The second kappa shape index (κ2) is 4.57. The zero-order chi connectivity index (χ0) is 14.4. The number of allylic oxidation sites excluding steroid dienone is 4. The lowest BCUT2D eigenvalue weighted by Gasteiger charge is -2.35. The molecule has 0 saturated carbocycles. The average molecular weight is 288 g/mol. The van der Waals surface area contributed by atoms with Crippen LogP contribution in [0.3, 0.4) is 0 Å². The van der Waals surface area contributed by atoms with Gasteiger partial charge in [-0.15, -0.1) is 0 Å². The van der Waals surface area contributed by atoms with Crippen LogP contribution in [0.15, 0.2) is 72.8 Å². The molecule has 0 amide bonds. The van der Waals surface area contributed by atoms with Gasteiger partial charge in [-0.25, -0.2) is 0 Å². The number of fused-ring (bicyclic) bond motifs is 3. The summed E-state index contributed by atoms with van der Waals surface area (Å²) >= 11 is 0. The van der Waals surface area contributed by atoms with Crippen molar-refractivity contribution in [3.63, 3.8) is 0 Å². The predicted octanol–water partition coefficient (Wildman–Crippen LogP) is 5.54. The van der Waals surface area contributed by atoms with Crippen LogP contribution in [-0.4, -0.2) is 8.07 Å². The fraction of sp³-hybridized carbons (Fsp3) is 0.200. The molecule has 0 fully saturated rings. The fourth-order valence-corrected chi connectivity index (χ4v) is 7.78. The molecule has 4 rings (SSSR count). The van der Waals surface area contributed by atoms with Gasteiger partial charge in [-0.2, -0.15) is 0 Å². The Kier molecular flexibility index (Phi) is 2.80. The molecule has 0 aromatic heterocycles. The third kappa shape index (κ3) is 1.81. The van der Waals surface area contributed by atoms with Gasteiger partial charge in [0.2, 0.25) is 0 Å². The maximum atomic E-state index is 2.54. The summed E-state index contributed by atoms with van der Waals surface area (Å²) in [7, 11) is -1.51. The number of hydrogen-bond donors (Lipinski definition) is 0. The minimum atomic E-state index is -1.51. The van der Waals surface area contributed by atoms with E-state index in [2.05, 4.69) is 85.9 Å². The molecule has 2 aromatic carbocycles. The molecule has 21 heavy (non-hydrogen) atoms. The van der Waals surface area contributed by atoms with Crippen LogP contribution in [0, 0.1) is 0 Å². The van der Waals surface area contributed by atoms with Crippen LogP contribution in [0.2, 0.25) is 18.6 Å². The highest BCUT2D eigenvalue weighted by Crippen LogP contribution is 2.52. The Morgan fingerprint density at radius 2 is 1.19 bits per heavy atom. The van der Waals surface area contributed by atoms with Gasteiger partial charge in [-0.05, 0) is 27.8 Å². The van der Waals surface area contributed by atoms with Crippen molar-refractivity contribution in [3.05, 3.63) is 84.0 Å². The summed E-state index contributed by atoms with van der Waals surface area (Å²) in [6, 6.07) is 18.0. The summed E-state index contributed by atoms with van der Waals surface area (Å²) in [5.41, 5.74) is 7.23. The highest BCUT2D eigenvalue weighted by atomic mass is 28.3. The monoisotopic (exact) mass is 288 g/mol. The zero-order valence-electron chi connectivity index (χ0n) is 12.6. The summed E-state index contributed by atoms with van der Waals surface area (Å²) in [5.74, 6) is 0. The Labute approximate surface area is 127 Å². The maximum absolute atomic E-state index is 2.54. The highest BCUT2D eigenvalue weighted by Gasteiger charge is 2.44. The fourth-order valence-electron chi connectivity index (χ4n) is 4.08. The van der Waals surface area contributed by atoms with Gasteiger partial charge in [0.25, 0.3) is 0 Å². The van der Waals surface area contributed by atoms with Crippen LogP contribution in [0.1, 0.15) is 16.7 Å². The quantitative estimate of drug-likeness (QED) is 0.636. The molecule has 0 radical (unpaired) electrons. The van der Waals surface area contributed by atoms with Crippen molar-refractivity contribution in [2.45, 2.75) is 24.2 Å². The first kappa shape index (κ1) is 12.8. The summed E-state index contributed by atoms with van der Waals surface area (Å²) in [5, 5.41) is 0. The van der Waals surface area contributed by atoms with E-state index < -0.39 is 8.07 Å². The minimum Gasteiger partial charge on any atom is -0.0803 e. The van der Waals surface area contributed by atoms with E-state index in [1.807, 2.05) is 0 Å². The lowest BCUT2D eigenvalue weighted by Crippen LogP contribution is -2.38. The predicted molar refractivity (Wildman–Crippen MR) is 93.2 cm³/mol. The van der Waals surface area contributed by atoms with Gasteiger partial charge in [0.1, 0.15) is 0 Å². The first-order chi connectivity index (χ1) is 10.2. The molecule has 0 aliphatic heterocycles. The van der Waals surface area contributed by atoms with E-state index in [0.717, 1.165) is 0 Å². The van der Waals surface area contributed by atoms with Crippen LogP contribution in [0.4, 0.5) is 0 Å². The third-order valence-electron chi connectivity index (χ3n) is 5.18. The minimum absolute atomic E-state index is 0.599. The van der Waals surface area contributed by atoms with E-state index in [0.29, 0.717) is 11.1 Å². The molecule has 0 unspecified atom stereocenters. The lowest BCUT2D eigenvalue weighted by molar-refractivity contribution is 1.07. The molecule has 0 spiro atoms. The standard InChI is InChI=1S/C20H20Si/c1-21(2,15-9-3-4-10-15)20-18-13-7-5-11-16(18)17-12-6-8-14-19(17)20/h3-15,20H,1-2H3. The molecule has 2 aromatic rings. The first-order valence-electron chi connectivity index (χ1n) is 7.73. The van der Waals surface area contributed by atoms with E-state index in [9.17, 15) is 0 Å². The van der Waals surface area contributed by atoms with Crippen molar-refractivity contribution in [3.8, 4) is 11.1 Å². The smallest absolute Gasteiger partial charge is 0.0715 e. The SMILES string of the molecule is C[Si](C)(C1C=CC=C1)C1c2ccccc2-c2ccccc21. The number of benzene rings is 2. The molecule has 0 saturated heterocycles. The molecule has 1 heteroatoms. The summed E-state index contributed by atoms with van der Waals surface area (Å²) in [6.07, 6.45) is 9.23. The second-order valence-electron chi connectivity index (χ2n) is 6.72. The average Bonchev–Trinajstić information content (AvgIpc) is 3.14. The van der Waals surface area contributed by atoms with Gasteiger partial charge >= 0.3 is 0 Å². The van der Waals surface area contributed by atoms with Crippen molar-refractivity contribution in [2.75, 3.05) is 0 Å². The number of hydrogen-bond acceptors (Lipinski definition) is 0. The maximum Gasteiger partial charge on any atom is 0.0715 e. The number of rotatable bonds is 2. The molecule has 0 heterocycles.